The van der Waals surface area contributed by atoms with E-state index in [1.165, 1.54) is 13.3 Å². The van der Waals surface area contributed by atoms with Crippen molar-refractivity contribution in [2.24, 2.45) is 5.10 Å². The standard InChI is InChI=1S/C22H23BrN4O7/c1-4-32-17-7-5-6-14(21(17)33-12-19(29)30)9-25-27-18(28)11-34-22-15(8-24)16(10-31-3)20(23)13(2)26-22/h5-7,9H,4,10-12H2,1-3H3,(H,27,28)(H,29,30)/b25-9+. The maximum atomic E-state index is 12.2. The van der Waals surface area contributed by atoms with E-state index >= 15 is 0 Å². The van der Waals surface area contributed by atoms with E-state index < -0.39 is 25.1 Å². The fourth-order valence-corrected chi connectivity index (χ4v) is 3.15. The van der Waals surface area contributed by atoms with Gasteiger partial charge in [0, 0.05) is 22.7 Å². The van der Waals surface area contributed by atoms with Crippen LogP contribution in [0.1, 0.15) is 29.3 Å². The molecule has 1 heterocycles. The van der Waals surface area contributed by atoms with Crippen LogP contribution in [0.25, 0.3) is 0 Å². The molecular weight excluding hydrogens is 512 g/mol. The van der Waals surface area contributed by atoms with Crippen molar-refractivity contribution in [3.05, 3.63) is 45.1 Å². The molecule has 2 rings (SSSR count). The zero-order valence-corrected chi connectivity index (χ0v) is 20.3. The van der Waals surface area contributed by atoms with Gasteiger partial charge in [0.15, 0.2) is 24.7 Å². The van der Waals surface area contributed by atoms with Gasteiger partial charge in [-0.15, -0.1) is 0 Å². The molecular formula is C22H23BrN4O7. The Labute approximate surface area is 204 Å². The number of benzene rings is 1. The third kappa shape index (κ3) is 7.16. The Balaban J connectivity index is 2.10. The first kappa shape index (κ1) is 26.6. The highest BCUT2D eigenvalue weighted by Crippen LogP contribution is 2.31. The van der Waals surface area contributed by atoms with E-state index in [-0.39, 0.29) is 23.8 Å². The second kappa shape index (κ2) is 13.1. The molecule has 0 atom stereocenters. The number of amides is 1. The highest BCUT2D eigenvalue weighted by Gasteiger charge is 2.18. The number of carbonyl (C=O) groups is 2. The second-order valence-electron chi connectivity index (χ2n) is 6.59. The largest absolute Gasteiger partial charge is 0.490 e. The molecule has 0 radical (unpaired) electrons. The molecule has 0 aliphatic carbocycles. The molecule has 0 bridgehead atoms. The Bertz CT molecular complexity index is 1120. The van der Waals surface area contributed by atoms with Gasteiger partial charge in [0.2, 0.25) is 5.88 Å². The van der Waals surface area contributed by atoms with E-state index in [1.807, 2.05) is 6.07 Å². The first-order chi connectivity index (χ1) is 16.3. The van der Waals surface area contributed by atoms with Crippen molar-refractivity contribution in [2.75, 3.05) is 26.9 Å². The summed E-state index contributed by atoms with van der Waals surface area (Å²) in [4.78, 5) is 27.3. The quantitative estimate of drug-likeness (QED) is 0.309. The zero-order valence-electron chi connectivity index (χ0n) is 18.8. The fraction of sp³-hybridized carbons (Fsp3) is 0.318. The molecule has 0 saturated heterocycles. The van der Waals surface area contributed by atoms with Crippen LogP contribution in [0.15, 0.2) is 27.8 Å². The molecule has 0 fully saturated rings. The summed E-state index contributed by atoms with van der Waals surface area (Å²) in [5.41, 5.74) is 3.99. The minimum atomic E-state index is -1.15. The van der Waals surface area contributed by atoms with Gasteiger partial charge in [-0.25, -0.2) is 15.2 Å². The number of nitrogens with one attached hydrogen (secondary N) is 1. The number of carboxylic acids is 1. The van der Waals surface area contributed by atoms with Crippen LogP contribution in [0.5, 0.6) is 17.4 Å². The molecule has 1 aromatic heterocycles. The summed E-state index contributed by atoms with van der Waals surface area (Å²) in [7, 11) is 1.50. The lowest BCUT2D eigenvalue weighted by Gasteiger charge is -2.13. The summed E-state index contributed by atoms with van der Waals surface area (Å²) < 4.78 is 22.0. The molecule has 0 aliphatic rings. The van der Waals surface area contributed by atoms with Crippen LogP contribution in [-0.2, 0) is 20.9 Å². The number of rotatable bonds is 12. The maximum Gasteiger partial charge on any atom is 0.341 e. The van der Waals surface area contributed by atoms with Gasteiger partial charge in [-0.3, -0.25) is 4.79 Å². The van der Waals surface area contributed by atoms with Crippen molar-refractivity contribution >= 4 is 34.0 Å². The third-order valence-electron chi connectivity index (χ3n) is 4.15. The van der Waals surface area contributed by atoms with Crippen LogP contribution in [0.3, 0.4) is 0 Å². The smallest absolute Gasteiger partial charge is 0.341 e. The zero-order chi connectivity index (χ0) is 25.1. The van der Waals surface area contributed by atoms with E-state index in [0.717, 1.165) is 0 Å². The van der Waals surface area contributed by atoms with Gasteiger partial charge >= 0.3 is 5.97 Å². The first-order valence-corrected chi connectivity index (χ1v) is 10.7. The van der Waals surface area contributed by atoms with Crippen LogP contribution in [-0.4, -0.2) is 55.1 Å². The van der Waals surface area contributed by atoms with E-state index in [1.54, 1.807) is 32.0 Å². The summed E-state index contributed by atoms with van der Waals surface area (Å²) in [5.74, 6) is -1.23. The Morgan fingerprint density at radius 3 is 2.71 bits per heavy atom. The molecule has 11 nitrogen and oxygen atoms in total. The maximum absolute atomic E-state index is 12.2. The van der Waals surface area contributed by atoms with Gasteiger partial charge in [-0.1, -0.05) is 6.07 Å². The number of aliphatic carboxylic acids is 1. The number of hydrazone groups is 1. The number of hydrogen-bond acceptors (Lipinski definition) is 9. The highest BCUT2D eigenvalue weighted by molar-refractivity contribution is 9.10. The molecule has 34 heavy (non-hydrogen) atoms. The minimum Gasteiger partial charge on any atom is -0.490 e. The molecule has 12 heteroatoms. The monoisotopic (exact) mass is 534 g/mol. The van der Waals surface area contributed by atoms with Crippen molar-refractivity contribution in [1.29, 1.82) is 5.26 Å². The van der Waals surface area contributed by atoms with Crippen molar-refractivity contribution in [3.8, 4) is 23.4 Å². The van der Waals surface area contributed by atoms with Crippen LogP contribution in [0.4, 0.5) is 0 Å². The molecule has 180 valence electrons. The molecule has 1 aromatic carbocycles. The summed E-state index contributed by atoms with van der Waals surface area (Å²) in [5, 5.41) is 22.3. The van der Waals surface area contributed by atoms with Crippen molar-refractivity contribution in [2.45, 2.75) is 20.5 Å². The lowest BCUT2D eigenvalue weighted by molar-refractivity contribution is -0.139. The van der Waals surface area contributed by atoms with Gasteiger partial charge in [0.25, 0.3) is 5.91 Å². The minimum absolute atomic E-state index is 0.00292. The van der Waals surface area contributed by atoms with E-state index in [0.29, 0.717) is 33.6 Å². The lowest BCUT2D eigenvalue weighted by Crippen LogP contribution is -2.25. The van der Waals surface area contributed by atoms with Crippen LogP contribution < -0.4 is 19.6 Å². The van der Waals surface area contributed by atoms with Gasteiger partial charge in [0.05, 0.1) is 25.1 Å². The first-order valence-electron chi connectivity index (χ1n) is 9.95. The molecule has 0 spiro atoms. The normalized spacial score (nSPS) is 10.6. The number of aryl methyl sites for hydroxylation is 1. The fourth-order valence-electron chi connectivity index (χ4n) is 2.75. The van der Waals surface area contributed by atoms with Gasteiger partial charge in [0.1, 0.15) is 11.6 Å². The highest BCUT2D eigenvalue weighted by atomic mass is 79.9. The van der Waals surface area contributed by atoms with Crippen molar-refractivity contribution in [1.82, 2.24) is 10.4 Å². The number of ether oxygens (including phenoxy) is 4. The van der Waals surface area contributed by atoms with Crippen molar-refractivity contribution in [3.63, 3.8) is 0 Å². The molecule has 0 unspecified atom stereocenters. The Morgan fingerprint density at radius 1 is 1.29 bits per heavy atom. The number of methoxy groups -OCH3 is 1. The van der Waals surface area contributed by atoms with E-state index in [4.69, 9.17) is 24.1 Å². The van der Waals surface area contributed by atoms with Gasteiger partial charge in [-0.2, -0.15) is 10.4 Å². The third-order valence-corrected chi connectivity index (χ3v) is 5.20. The number of carbonyl (C=O) groups excluding carboxylic acids is 1. The number of halogens is 1. The number of para-hydroxylation sites is 1. The Hall–Kier alpha value is -3.69. The Morgan fingerprint density at radius 2 is 2.06 bits per heavy atom. The average molecular weight is 535 g/mol. The summed E-state index contributed by atoms with van der Waals surface area (Å²) in [6.45, 7) is 2.98. The number of carboxylic acid groups (broad SMARTS) is 1. The van der Waals surface area contributed by atoms with Crippen LogP contribution in [0, 0.1) is 18.3 Å². The van der Waals surface area contributed by atoms with E-state index in [2.05, 4.69) is 31.4 Å². The predicted octanol–water partition coefficient (Wildman–Crippen LogP) is 2.56. The number of hydrogen-bond donors (Lipinski definition) is 2. The summed E-state index contributed by atoms with van der Waals surface area (Å²) in [6.07, 6.45) is 1.29. The molecule has 0 aliphatic heterocycles. The second-order valence-corrected chi connectivity index (χ2v) is 7.38. The Kier molecular flexibility index (Phi) is 10.3. The van der Waals surface area contributed by atoms with Crippen molar-refractivity contribution < 1.29 is 33.6 Å². The topological polar surface area (TPSA) is 152 Å². The molecule has 1 amide bonds. The number of nitrogens with zero attached hydrogens (tertiary/aromatic N) is 3. The summed E-state index contributed by atoms with van der Waals surface area (Å²) in [6, 6.07) is 6.94. The number of aromatic nitrogens is 1. The average Bonchev–Trinajstić information content (AvgIpc) is 2.80. The van der Waals surface area contributed by atoms with Gasteiger partial charge in [-0.05, 0) is 41.9 Å². The lowest BCUT2D eigenvalue weighted by atomic mass is 10.1. The molecule has 2 N–H and O–H groups in total. The SMILES string of the molecule is CCOc1cccc(/C=N/NC(=O)COc2nc(C)c(Br)c(COC)c2C#N)c1OCC(=O)O. The van der Waals surface area contributed by atoms with Gasteiger partial charge < -0.3 is 24.1 Å². The molecule has 0 saturated carbocycles. The number of nitriles is 1. The molecule has 2 aromatic rings. The van der Waals surface area contributed by atoms with Crippen LogP contribution >= 0.6 is 15.9 Å². The van der Waals surface area contributed by atoms with E-state index in [9.17, 15) is 14.9 Å². The number of pyridine rings is 1. The predicted molar refractivity (Wildman–Crippen MR) is 124 cm³/mol. The van der Waals surface area contributed by atoms with Crippen LogP contribution in [0.2, 0.25) is 0 Å². The summed E-state index contributed by atoms with van der Waals surface area (Å²) >= 11 is 3.38.